The average molecular weight is 505 g/mol. The number of H-pyrrole nitrogens is 2. The first-order chi connectivity index (χ1) is 17.9. The van der Waals surface area contributed by atoms with E-state index in [0.29, 0.717) is 35.8 Å². The van der Waals surface area contributed by atoms with Crippen molar-refractivity contribution in [1.82, 2.24) is 29.8 Å². The highest BCUT2D eigenvalue weighted by atomic mass is 16.5. The normalized spacial score (nSPS) is 15.1. The summed E-state index contributed by atoms with van der Waals surface area (Å²) in [4.78, 5) is 31.3. The van der Waals surface area contributed by atoms with Crippen LogP contribution in [-0.4, -0.2) is 63.8 Å². The number of aromatic nitrogens is 4. The monoisotopic (exact) mass is 504 g/mol. The molecule has 10 nitrogen and oxygen atoms in total. The SMILES string of the molecule is COc1cc(C)[nH]c(=O)c1CNC(=O)c1cc2c(-c3cn[nH]c3)ccn2c(C(C)N2CCOCC2)c1C. The van der Waals surface area contributed by atoms with E-state index in [4.69, 9.17) is 9.47 Å². The van der Waals surface area contributed by atoms with E-state index in [-0.39, 0.29) is 24.1 Å². The van der Waals surface area contributed by atoms with Crippen LogP contribution in [0.3, 0.4) is 0 Å². The number of ether oxygens (including phenoxy) is 2. The molecule has 1 unspecified atom stereocenters. The van der Waals surface area contributed by atoms with Gasteiger partial charge in [-0.2, -0.15) is 5.10 Å². The molecule has 10 heteroatoms. The lowest BCUT2D eigenvalue weighted by atomic mass is 9.99. The van der Waals surface area contributed by atoms with E-state index in [9.17, 15) is 9.59 Å². The van der Waals surface area contributed by atoms with Crippen LogP contribution in [0.5, 0.6) is 5.75 Å². The lowest BCUT2D eigenvalue weighted by molar-refractivity contribution is 0.0187. The van der Waals surface area contributed by atoms with Gasteiger partial charge in [0.25, 0.3) is 11.5 Å². The number of carbonyl (C=O) groups excluding carboxylic acids is 1. The molecule has 1 saturated heterocycles. The van der Waals surface area contributed by atoms with E-state index < -0.39 is 0 Å². The van der Waals surface area contributed by atoms with Gasteiger partial charge in [0.05, 0.1) is 44.1 Å². The summed E-state index contributed by atoms with van der Waals surface area (Å²) >= 11 is 0. The molecule has 1 aliphatic rings. The highest BCUT2D eigenvalue weighted by Gasteiger charge is 2.26. The number of nitrogens with one attached hydrogen (secondary N) is 3. The maximum absolute atomic E-state index is 13.6. The number of aromatic amines is 2. The number of fused-ring (bicyclic) bond motifs is 1. The highest BCUT2D eigenvalue weighted by Crippen LogP contribution is 2.33. The third kappa shape index (κ3) is 4.65. The van der Waals surface area contributed by atoms with Crippen LogP contribution in [0.1, 0.15) is 45.8 Å². The zero-order chi connectivity index (χ0) is 26.1. The van der Waals surface area contributed by atoms with E-state index in [0.717, 1.165) is 41.0 Å². The molecule has 0 saturated carbocycles. The molecule has 1 fully saturated rings. The summed E-state index contributed by atoms with van der Waals surface area (Å²) in [6.45, 7) is 9.01. The van der Waals surface area contributed by atoms with Crippen LogP contribution in [-0.2, 0) is 11.3 Å². The molecule has 3 N–H and O–H groups in total. The number of hydrogen-bond acceptors (Lipinski definition) is 6. The maximum atomic E-state index is 13.6. The summed E-state index contributed by atoms with van der Waals surface area (Å²) < 4.78 is 13.1. The van der Waals surface area contributed by atoms with Crippen molar-refractivity contribution in [2.75, 3.05) is 33.4 Å². The number of rotatable bonds is 7. The van der Waals surface area contributed by atoms with Crippen molar-refractivity contribution in [2.24, 2.45) is 0 Å². The number of carbonyl (C=O) groups is 1. The van der Waals surface area contributed by atoms with Crippen LogP contribution in [0.4, 0.5) is 0 Å². The van der Waals surface area contributed by atoms with Gasteiger partial charge in [-0.05, 0) is 44.5 Å². The Morgan fingerprint density at radius 1 is 1.27 bits per heavy atom. The van der Waals surface area contributed by atoms with Crippen molar-refractivity contribution in [2.45, 2.75) is 33.4 Å². The maximum Gasteiger partial charge on any atom is 0.256 e. The first kappa shape index (κ1) is 24.8. The second-order valence-electron chi connectivity index (χ2n) is 9.38. The predicted octanol–water partition coefficient (Wildman–Crippen LogP) is 2.97. The summed E-state index contributed by atoms with van der Waals surface area (Å²) in [6, 6.07) is 5.77. The van der Waals surface area contributed by atoms with Crippen molar-refractivity contribution in [3.8, 4) is 16.9 Å². The molecule has 5 rings (SSSR count). The Hall–Kier alpha value is -3.89. The standard InChI is InChI=1S/C27H32N6O4/c1-16-11-24(36-4)22(27(35)31-16)15-28-26(34)21-12-23-20(19-13-29-30-14-19)5-6-33(23)25(17(21)2)18(3)32-7-9-37-10-8-32/h5-6,11-14,18H,7-10,15H2,1-4H3,(H,28,34)(H,29,30)(H,31,35). The second kappa shape index (κ2) is 10.2. The molecule has 0 aromatic carbocycles. The number of amides is 1. The molecule has 194 valence electrons. The van der Waals surface area contributed by atoms with E-state index in [1.165, 1.54) is 7.11 Å². The molecule has 4 aromatic rings. The van der Waals surface area contributed by atoms with Crippen molar-refractivity contribution in [3.63, 3.8) is 0 Å². The van der Waals surface area contributed by atoms with Gasteiger partial charge in [0.1, 0.15) is 5.75 Å². The van der Waals surface area contributed by atoms with Gasteiger partial charge in [0.15, 0.2) is 0 Å². The molecule has 1 aliphatic heterocycles. The molecular formula is C27H32N6O4. The largest absolute Gasteiger partial charge is 0.496 e. The highest BCUT2D eigenvalue weighted by molar-refractivity contribution is 5.98. The lowest BCUT2D eigenvalue weighted by Gasteiger charge is -2.34. The molecule has 0 spiro atoms. The van der Waals surface area contributed by atoms with Crippen molar-refractivity contribution >= 4 is 11.4 Å². The molecule has 1 amide bonds. The second-order valence-corrected chi connectivity index (χ2v) is 9.38. The van der Waals surface area contributed by atoms with Crippen molar-refractivity contribution in [1.29, 1.82) is 0 Å². The van der Waals surface area contributed by atoms with Crippen LogP contribution in [0.15, 0.2) is 41.6 Å². The number of aryl methyl sites for hydroxylation is 1. The first-order valence-electron chi connectivity index (χ1n) is 12.4. The summed E-state index contributed by atoms with van der Waals surface area (Å²) in [5, 5.41) is 9.93. The average Bonchev–Trinajstić information content (AvgIpc) is 3.57. The molecule has 0 radical (unpaired) electrons. The Morgan fingerprint density at radius 2 is 2.05 bits per heavy atom. The Morgan fingerprint density at radius 3 is 2.76 bits per heavy atom. The van der Waals surface area contributed by atoms with Crippen LogP contribution in [0, 0.1) is 13.8 Å². The van der Waals surface area contributed by atoms with E-state index in [2.05, 4.69) is 42.9 Å². The first-order valence-corrected chi connectivity index (χ1v) is 12.4. The van der Waals surface area contributed by atoms with Crippen LogP contribution < -0.4 is 15.6 Å². The lowest BCUT2D eigenvalue weighted by Crippen LogP contribution is -2.39. The van der Waals surface area contributed by atoms with Gasteiger partial charge in [0.2, 0.25) is 0 Å². The molecule has 0 bridgehead atoms. The minimum absolute atomic E-state index is 0.0478. The van der Waals surface area contributed by atoms with Crippen molar-refractivity contribution < 1.29 is 14.3 Å². The smallest absolute Gasteiger partial charge is 0.256 e. The quantitative estimate of drug-likeness (QED) is 0.356. The van der Waals surface area contributed by atoms with Crippen LogP contribution >= 0.6 is 0 Å². The summed E-state index contributed by atoms with van der Waals surface area (Å²) in [6.07, 6.45) is 5.67. The minimum atomic E-state index is -0.278. The predicted molar refractivity (Wildman–Crippen MR) is 140 cm³/mol. The number of pyridine rings is 2. The van der Waals surface area contributed by atoms with Gasteiger partial charge in [-0.1, -0.05) is 0 Å². The summed E-state index contributed by atoms with van der Waals surface area (Å²) in [5.74, 6) is 0.195. The number of hydrogen-bond donors (Lipinski definition) is 3. The fourth-order valence-corrected chi connectivity index (χ4v) is 5.20. The zero-order valence-electron chi connectivity index (χ0n) is 21.6. The number of methoxy groups -OCH3 is 1. The van der Waals surface area contributed by atoms with Gasteiger partial charge in [-0.3, -0.25) is 19.6 Å². The third-order valence-corrected chi connectivity index (χ3v) is 7.17. The Bertz CT molecular complexity index is 1480. The Kier molecular flexibility index (Phi) is 6.86. The van der Waals surface area contributed by atoms with Crippen molar-refractivity contribution in [3.05, 3.63) is 75.2 Å². The summed E-state index contributed by atoms with van der Waals surface area (Å²) in [7, 11) is 1.51. The fourth-order valence-electron chi connectivity index (χ4n) is 5.20. The van der Waals surface area contributed by atoms with E-state index in [1.807, 2.05) is 25.3 Å². The Labute approximate surface area is 214 Å². The van der Waals surface area contributed by atoms with Gasteiger partial charge in [0, 0.05) is 59.6 Å². The molecular weight excluding hydrogens is 472 g/mol. The molecule has 5 heterocycles. The van der Waals surface area contributed by atoms with E-state index >= 15 is 0 Å². The van der Waals surface area contributed by atoms with Gasteiger partial charge in [-0.25, -0.2) is 0 Å². The zero-order valence-corrected chi connectivity index (χ0v) is 21.6. The number of morpholine rings is 1. The Balaban J connectivity index is 1.57. The van der Waals surface area contributed by atoms with E-state index in [1.54, 1.807) is 19.2 Å². The minimum Gasteiger partial charge on any atom is -0.496 e. The van der Waals surface area contributed by atoms with Crippen LogP contribution in [0.25, 0.3) is 16.6 Å². The topological polar surface area (TPSA) is 117 Å². The molecule has 1 atom stereocenters. The summed E-state index contributed by atoms with van der Waals surface area (Å²) in [5.41, 5.74) is 6.14. The fraction of sp³-hybridized carbons (Fsp3) is 0.370. The molecule has 0 aliphatic carbocycles. The number of nitrogens with zero attached hydrogens (tertiary/aromatic N) is 3. The molecule has 37 heavy (non-hydrogen) atoms. The molecule has 4 aromatic heterocycles. The third-order valence-electron chi connectivity index (χ3n) is 7.17. The van der Waals surface area contributed by atoms with Gasteiger partial charge >= 0.3 is 0 Å². The van der Waals surface area contributed by atoms with Gasteiger partial charge in [-0.15, -0.1) is 0 Å². The van der Waals surface area contributed by atoms with Crippen LogP contribution in [0.2, 0.25) is 0 Å². The van der Waals surface area contributed by atoms with Gasteiger partial charge < -0.3 is 24.2 Å².